The molecular weight excluding hydrogens is 224 g/mol. The van der Waals surface area contributed by atoms with Crippen molar-refractivity contribution in [1.82, 2.24) is 4.98 Å². The summed E-state index contributed by atoms with van der Waals surface area (Å²) in [6, 6.07) is 3.51. The van der Waals surface area contributed by atoms with Crippen molar-refractivity contribution in [3.05, 3.63) is 36.0 Å². The minimum atomic E-state index is -0.697. The first-order chi connectivity index (χ1) is 6.72. The van der Waals surface area contributed by atoms with Gasteiger partial charge in [0, 0.05) is 17.6 Å². The van der Waals surface area contributed by atoms with E-state index in [2.05, 4.69) is 10.4 Å². The maximum absolute atomic E-state index is 13.2. The van der Waals surface area contributed by atoms with Crippen LogP contribution in [0.1, 0.15) is 0 Å². The summed E-state index contributed by atoms with van der Waals surface area (Å²) in [7, 11) is 0. The smallest absolute Gasteiger partial charge is 0.152 e. The Balaban J connectivity index is 0.00000112. The predicted octanol–water partition coefficient (Wildman–Crippen LogP) is 2.22. The normalized spacial score (nSPS) is 9.80. The molecule has 0 aliphatic carbocycles. The van der Waals surface area contributed by atoms with Crippen LogP contribution in [0.3, 0.4) is 0 Å². The van der Waals surface area contributed by atoms with E-state index < -0.39 is 11.6 Å². The molecule has 1 aromatic carbocycles. The van der Waals surface area contributed by atoms with E-state index in [-0.39, 0.29) is 17.9 Å². The topological polar surface area (TPSA) is 50.9 Å². The van der Waals surface area contributed by atoms with Crippen LogP contribution in [-0.2, 0) is 0 Å². The number of hydrazine groups is 1. The summed E-state index contributed by atoms with van der Waals surface area (Å²) >= 11 is 0. The Morgan fingerprint density at radius 1 is 1.27 bits per heavy atom. The first-order valence-corrected chi connectivity index (χ1v) is 3.93. The second kappa shape index (κ2) is 4.37. The maximum Gasteiger partial charge on any atom is 0.152 e. The zero-order chi connectivity index (χ0) is 10.1. The van der Waals surface area contributed by atoms with Crippen LogP contribution in [0.15, 0.2) is 24.4 Å². The molecule has 0 atom stereocenters. The number of fused-ring (bicyclic) bond motifs is 1. The molecule has 2 aromatic rings. The third kappa shape index (κ3) is 1.98. The van der Waals surface area contributed by atoms with E-state index in [4.69, 9.17) is 5.84 Å². The van der Waals surface area contributed by atoms with Crippen LogP contribution in [0.25, 0.3) is 10.9 Å². The Morgan fingerprint density at radius 3 is 2.67 bits per heavy atom. The van der Waals surface area contributed by atoms with Crippen molar-refractivity contribution < 1.29 is 8.78 Å². The van der Waals surface area contributed by atoms with Gasteiger partial charge in [-0.15, -0.1) is 12.4 Å². The largest absolute Gasteiger partial charge is 0.323 e. The predicted molar refractivity (Wildman–Crippen MR) is 56.7 cm³/mol. The number of pyridine rings is 1. The number of hydrogen-bond acceptors (Lipinski definition) is 3. The Morgan fingerprint density at radius 2 is 2.00 bits per heavy atom. The quantitative estimate of drug-likeness (QED) is 0.585. The SMILES string of the molecule is Cl.NNc1ccnc2c(F)cc(F)cc12. The lowest BCUT2D eigenvalue weighted by Crippen LogP contribution is -2.07. The first-order valence-electron chi connectivity index (χ1n) is 3.93. The molecule has 3 N–H and O–H groups in total. The van der Waals surface area contributed by atoms with E-state index in [9.17, 15) is 8.78 Å². The molecule has 3 nitrogen and oxygen atoms in total. The molecular formula is C9H8ClF2N3. The zero-order valence-corrected chi connectivity index (χ0v) is 8.31. The second-order valence-electron chi connectivity index (χ2n) is 2.79. The van der Waals surface area contributed by atoms with Crippen molar-refractivity contribution in [3.63, 3.8) is 0 Å². The summed E-state index contributed by atoms with van der Waals surface area (Å²) in [5.41, 5.74) is 2.89. The molecule has 0 aliphatic rings. The van der Waals surface area contributed by atoms with Crippen LogP contribution in [0, 0.1) is 11.6 Å². The fourth-order valence-electron chi connectivity index (χ4n) is 1.30. The van der Waals surface area contributed by atoms with E-state index >= 15 is 0 Å². The average molecular weight is 232 g/mol. The summed E-state index contributed by atoms with van der Waals surface area (Å²) < 4.78 is 26.1. The molecule has 2 rings (SSSR count). The van der Waals surface area contributed by atoms with Gasteiger partial charge in [0.2, 0.25) is 0 Å². The number of nitrogens with one attached hydrogen (secondary N) is 1. The van der Waals surface area contributed by atoms with Crippen LogP contribution in [0.5, 0.6) is 0 Å². The third-order valence-corrected chi connectivity index (χ3v) is 1.92. The minimum Gasteiger partial charge on any atom is -0.323 e. The van der Waals surface area contributed by atoms with E-state index in [1.54, 1.807) is 6.07 Å². The fraction of sp³-hybridized carbons (Fsp3) is 0. The molecule has 0 fully saturated rings. The van der Waals surface area contributed by atoms with Gasteiger partial charge in [-0.2, -0.15) is 0 Å². The van der Waals surface area contributed by atoms with Crippen LogP contribution < -0.4 is 11.3 Å². The second-order valence-corrected chi connectivity index (χ2v) is 2.79. The summed E-state index contributed by atoms with van der Waals surface area (Å²) in [5.74, 6) is 3.84. The number of hydrogen-bond donors (Lipinski definition) is 2. The number of aromatic nitrogens is 1. The number of halogens is 3. The summed E-state index contributed by atoms with van der Waals surface area (Å²) in [5, 5.41) is 0.326. The number of nitrogens with two attached hydrogens (primary N) is 1. The molecule has 0 amide bonds. The van der Waals surface area contributed by atoms with Gasteiger partial charge in [0.25, 0.3) is 0 Å². The molecule has 0 unspecified atom stereocenters. The summed E-state index contributed by atoms with van der Waals surface area (Å²) in [4.78, 5) is 3.79. The van der Waals surface area contributed by atoms with Gasteiger partial charge in [0.1, 0.15) is 11.3 Å². The molecule has 0 bridgehead atoms. The monoisotopic (exact) mass is 231 g/mol. The number of nitrogens with zero attached hydrogens (tertiary/aromatic N) is 1. The van der Waals surface area contributed by atoms with Crippen molar-refractivity contribution >= 4 is 29.0 Å². The van der Waals surface area contributed by atoms with Gasteiger partial charge in [-0.1, -0.05) is 0 Å². The number of nitrogen functional groups attached to an aromatic ring is 1. The average Bonchev–Trinajstić information content (AvgIpc) is 2.17. The molecule has 0 aliphatic heterocycles. The molecule has 0 saturated heterocycles. The molecule has 15 heavy (non-hydrogen) atoms. The maximum atomic E-state index is 13.2. The highest BCUT2D eigenvalue weighted by Gasteiger charge is 2.07. The van der Waals surface area contributed by atoms with E-state index in [1.807, 2.05) is 0 Å². The third-order valence-electron chi connectivity index (χ3n) is 1.92. The summed E-state index contributed by atoms with van der Waals surface area (Å²) in [6.45, 7) is 0. The lowest BCUT2D eigenvalue weighted by Gasteiger charge is -2.05. The van der Waals surface area contributed by atoms with Crippen molar-refractivity contribution in [3.8, 4) is 0 Å². The Kier molecular flexibility index (Phi) is 3.39. The van der Waals surface area contributed by atoms with E-state index in [0.29, 0.717) is 11.1 Å². The molecule has 0 radical (unpaired) electrons. The highest BCUT2D eigenvalue weighted by molar-refractivity contribution is 5.91. The first kappa shape index (κ1) is 11.6. The summed E-state index contributed by atoms with van der Waals surface area (Å²) in [6.07, 6.45) is 1.40. The number of anilines is 1. The van der Waals surface area contributed by atoms with Gasteiger partial charge in [-0.3, -0.25) is 10.8 Å². The van der Waals surface area contributed by atoms with Crippen LogP contribution in [0.2, 0.25) is 0 Å². The van der Waals surface area contributed by atoms with E-state index in [0.717, 1.165) is 6.07 Å². The Bertz CT molecular complexity index is 490. The lowest BCUT2D eigenvalue weighted by atomic mass is 10.2. The molecule has 6 heteroatoms. The van der Waals surface area contributed by atoms with E-state index in [1.165, 1.54) is 12.3 Å². The van der Waals surface area contributed by atoms with Crippen molar-refractivity contribution in [2.45, 2.75) is 0 Å². The molecule has 1 heterocycles. The molecule has 1 aromatic heterocycles. The van der Waals surface area contributed by atoms with Crippen molar-refractivity contribution in [2.75, 3.05) is 5.43 Å². The highest BCUT2D eigenvalue weighted by atomic mass is 35.5. The van der Waals surface area contributed by atoms with Gasteiger partial charge >= 0.3 is 0 Å². The van der Waals surface area contributed by atoms with Gasteiger partial charge in [0.15, 0.2) is 5.82 Å². The van der Waals surface area contributed by atoms with Crippen LogP contribution in [0.4, 0.5) is 14.5 Å². The standard InChI is InChI=1S/C9H7F2N3.ClH/c10-5-3-6-8(14-12)1-2-13-9(6)7(11)4-5;/h1-4H,12H2,(H,13,14);1H. The van der Waals surface area contributed by atoms with Gasteiger partial charge in [0.05, 0.1) is 5.69 Å². The Labute approximate surface area is 90.7 Å². The van der Waals surface area contributed by atoms with Gasteiger partial charge in [-0.25, -0.2) is 8.78 Å². The zero-order valence-electron chi connectivity index (χ0n) is 7.50. The van der Waals surface area contributed by atoms with Gasteiger partial charge in [-0.05, 0) is 12.1 Å². The number of benzene rings is 1. The number of rotatable bonds is 1. The molecule has 80 valence electrons. The minimum absolute atomic E-state index is 0. The van der Waals surface area contributed by atoms with Crippen molar-refractivity contribution in [1.29, 1.82) is 0 Å². The van der Waals surface area contributed by atoms with Crippen LogP contribution in [-0.4, -0.2) is 4.98 Å². The molecule has 0 saturated carbocycles. The molecule has 0 spiro atoms. The fourth-order valence-corrected chi connectivity index (χ4v) is 1.30. The van der Waals surface area contributed by atoms with Crippen molar-refractivity contribution in [2.24, 2.45) is 5.84 Å². The Hall–Kier alpha value is -1.46. The van der Waals surface area contributed by atoms with Gasteiger partial charge < -0.3 is 5.43 Å². The highest BCUT2D eigenvalue weighted by Crippen LogP contribution is 2.23. The van der Waals surface area contributed by atoms with Crippen LogP contribution >= 0.6 is 12.4 Å². The lowest BCUT2D eigenvalue weighted by molar-refractivity contribution is 0.590.